The minimum absolute atomic E-state index is 0.0892. The van der Waals surface area contributed by atoms with Crippen LogP contribution in [0.4, 0.5) is 0 Å². The molecule has 0 amide bonds. The lowest BCUT2D eigenvalue weighted by Gasteiger charge is -2.07. The number of H-pyrrole nitrogens is 1. The molecule has 27 heavy (non-hydrogen) atoms. The van der Waals surface area contributed by atoms with Crippen molar-refractivity contribution in [2.24, 2.45) is 4.99 Å². The highest BCUT2D eigenvalue weighted by Crippen LogP contribution is 2.22. The number of nitrogens with zero attached hydrogens (tertiary/aromatic N) is 2. The van der Waals surface area contributed by atoms with E-state index >= 15 is 0 Å². The van der Waals surface area contributed by atoms with Crippen LogP contribution in [0.2, 0.25) is 0 Å². The lowest BCUT2D eigenvalue weighted by atomic mass is 10.1. The standard InChI is InChI=1S/C22H23N3O2/c1-16(23-15-19-13-8-14-27-19)20-21(17-9-4-2-5-10-17)24-25(22(20)26)18-11-6-3-7-12-18/h2-7,9-12,19,24H,8,13-15H2,1H3/t19-/m0/s1. The molecule has 5 nitrogen and oxygen atoms in total. The van der Waals surface area contributed by atoms with Crippen molar-refractivity contribution in [1.29, 1.82) is 0 Å². The Kier molecular flexibility index (Phi) is 5.03. The fraction of sp³-hybridized carbons (Fsp3) is 0.273. The van der Waals surface area contributed by atoms with Crippen LogP contribution in [-0.2, 0) is 4.74 Å². The zero-order chi connectivity index (χ0) is 18.6. The third kappa shape index (κ3) is 3.64. The smallest absolute Gasteiger partial charge is 0.280 e. The average Bonchev–Trinajstić information content (AvgIpc) is 3.35. The Labute approximate surface area is 158 Å². The largest absolute Gasteiger partial charge is 0.376 e. The second kappa shape index (κ2) is 7.76. The van der Waals surface area contributed by atoms with Crippen molar-refractivity contribution in [2.75, 3.05) is 13.2 Å². The lowest BCUT2D eigenvalue weighted by molar-refractivity contribution is 0.118. The van der Waals surface area contributed by atoms with E-state index in [2.05, 4.69) is 10.1 Å². The third-order valence-electron chi connectivity index (χ3n) is 4.89. The van der Waals surface area contributed by atoms with Gasteiger partial charge in [0.1, 0.15) is 0 Å². The first-order chi connectivity index (χ1) is 13.2. The van der Waals surface area contributed by atoms with Crippen molar-refractivity contribution in [1.82, 2.24) is 9.78 Å². The van der Waals surface area contributed by atoms with Crippen molar-refractivity contribution >= 4 is 5.71 Å². The summed E-state index contributed by atoms with van der Waals surface area (Å²) in [7, 11) is 0. The molecule has 4 rings (SSSR count). The van der Waals surface area contributed by atoms with Gasteiger partial charge in [-0.1, -0.05) is 48.5 Å². The van der Waals surface area contributed by atoms with Gasteiger partial charge in [-0.25, -0.2) is 4.68 Å². The van der Waals surface area contributed by atoms with Crippen molar-refractivity contribution in [2.45, 2.75) is 25.9 Å². The molecule has 1 aliphatic heterocycles. The minimum atomic E-state index is -0.0892. The number of para-hydroxylation sites is 1. The van der Waals surface area contributed by atoms with Crippen LogP contribution >= 0.6 is 0 Å². The third-order valence-corrected chi connectivity index (χ3v) is 4.89. The highest BCUT2D eigenvalue weighted by Gasteiger charge is 2.20. The van der Waals surface area contributed by atoms with Gasteiger partial charge in [-0.2, -0.15) is 0 Å². The maximum Gasteiger partial charge on any atom is 0.280 e. The molecule has 1 saturated heterocycles. The Morgan fingerprint density at radius 3 is 2.52 bits per heavy atom. The van der Waals surface area contributed by atoms with Gasteiger partial charge in [0.05, 0.1) is 29.6 Å². The molecule has 0 spiro atoms. The second-order valence-corrected chi connectivity index (χ2v) is 6.77. The zero-order valence-corrected chi connectivity index (χ0v) is 15.4. The van der Waals surface area contributed by atoms with E-state index in [4.69, 9.17) is 4.74 Å². The van der Waals surface area contributed by atoms with Crippen molar-refractivity contribution < 1.29 is 4.74 Å². The molecule has 1 aliphatic rings. The van der Waals surface area contributed by atoms with Gasteiger partial charge in [-0.3, -0.25) is 14.9 Å². The summed E-state index contributed by atoms with van der Waals surface area (Å²) in [6.45, 7) is 3.30. The number of aromatic nitrogens is 2. The van der Waals surface area contributed by atoms with Gasteiger partial charge < -0.3 is 4.74 Å². The fourth-order valence-corrected chi connectivity index (χ4v) is 3.45. The molecular weight excluding hydrogens is 338 g/mol. The summed E-state index contributed by atoms with van der Waals surface area (Å²) in [5.74, 6) is 0. The number of hydrogen-bond acceptors (Lipinski definition) is 3. The van der Waals surface area contributed by atoms with Crippen molar-refractivity contribution in [3.8, 4) is 16.9 Å². The van der Waals surface area contributed by atoms with Crippen molar-refractivity contribution in [3.63, 3.8) is 0 Å². The topological polar surface area (TPSA) is 59.4 Å². The SMILES string of the molecule is CC(=NC[C@@H]1CCCO1)c1c(-c2ccccc2)[nH]n(-c2ccccc2)c1=O. The average molecular weight is 361 g/mol. The van der Waals surface area contributed by atoms with E-state index in [0.29, 0.717) is 12.1 Å². The molecular formula is C22H23N3O2. The quantitative estimate of drug-likeness (QED) is 0.702. The number of aromatic amines is 1. The molecule has 0 saturated carbocycles. The maximum absolute atomic E-state index is 13.2. The molecule has 0 radical (unpaired) electrons. The van der Waals surface area contributed by atoms with Gasteiger partial charge in [0.25, 0.3) is 5.56 Å². The molecule has 2 aromatic carbocycles. The fourth-order valence-electron chi connectivity index (χ4n) is 3.45. The summed E-state index contributed by atoms with van der Waals surface area (Å²) in [5.41, 5.74) is 3.82. The lowest BCUT2D eigenvalue weighted by Crippen LogP contribution is -2.20. The Bertz CT molecular complexity index is 981. The van der Waals surface area contributed by atoms with Crippen LogP contribution in [0.25, 0.3) is 16.9 Å². The molecule has 5 heteroatoms. The van der Waals surface area contributed by atoms with E-state index in [-0.39, 0.29) is 11.7 Å². The first kappa shape index (κ1) is 17.5. The molecule has 2 heterocycles. The van der Waals surface area contributed by atoms with Crippen LogP contribution in [0.3, 0.4) is 0 Å². The number of rotatable bonds is 5. The summed E-state index contributed by atoms with van der Waals surface area (Å²) in [5, 5.41) is 3.28. The Morgan fingerprint density at radius 1 is 1.15 bits per heavy atom. The summed E-state index contributed by atoms with van der Waals surface area (Å²) in [6, 6.07) is 19.5. The van der Waals surface area contributed by atoms with Gasteiger partial charge in [0.15, 0.2) is 0 Å². The normalized spacial score (nSPS) is 17.4. The summed E-state index contributed by atoms with van der Waals surface area (Å²) >= 11 is 0. The van der Waals surface area contributed by atoms with Gasteiger partial charge in [0, 0.05) is 17.9 Å². The van der Waals surface area contributed by atoms with Gasteiger partial charge in [-0.15, -0.1) is 0 Å². The zero-order valence-electron chi connectivity index (χ0n) is 15.4. The van der Waals surface area contributed by atoms with E-state index in [1.807, 2.05) is 67.6 Å². The Balaban J connectivity index is 1.79. The van der Waals surface area contributed by atoms with E-state index in [9.17, 15) is 4.79 Å². The molecule has 1 fully saturated rings. The van der Waals surface area contributed by atoms with Crippen LogP contribution < -0.4 is 5.56 Å². The highest BCUT2D eigenvalue weighted by atomic mass is 16.5. The van der Waals surface area contributed by atoms with Crippen LogP contribution in [0.15, 0.2) is 70.5 Å². The van der Waals surface area contributed by atoms with E-state index < -0.39 is 0 Å². The number of hydrogen-bond donors (Lipinski definition) is 1. The van der Waals surface area contributed by atoms with E-state index in [0.717, 1.165) is 42.1 Å². The monoisotopic (exact) mass is 361 g/mol. The molecule has 138 valence electrons. The number of ether oxygens (including phenoxy) is 1. The van der Waals surface area contributed by atoms with Crippen molar-refractivity contribution in [3.05, 3.63) is 76.6 Å². The number of aliphatic imine (C=N–C) groups is 1. The van der Waals surface area contributed by atoms with Gasteiger partial charge in [-0.05, 0) is 31.9 Å². The molecule has 0 aliphatic carbocycles. The number of benzene rings is 2. The predicted octanol–water partition coefficient (Wildman–Crippen LogP) is 3.82. The van der Waals surface area contributed by atoms with E-state index in [1.165, 1.54) is 0 Å². The van der Waals surface area contributed by atoms with Crippen LogP contribution in [0.1, 0.15) is 25.3 Å². The second-order valence-electron chi connectivity index (χ2n) is 6.77. The molecule has 1 aromatic heterocycles. The summed E-state index contributed by atoms with van der Waals surface area (Å²) in [6.07, 6.45) is 2.28. The van der Waals surface area contributed by atoms with Gasteiger partial charge >= 0.3 is 0 Å². The van der Waals surface area contributed by atoms with Gasteiger partial charge in [0.2, 0.25) is 0 Å². The van der Waals surface area contributed by atoms with Crippen LogP contribution in [0, 0.1) is 0 Å². The maximum atomic E-state index is 13.2. The van der Waals surface area contributed by atoms with Crippen LogP contribution in [0.5, 0.6) is 0 Å². The number of nitrogens with one attached hydrogen (secondary N) is 1. The van der Waals surface area contributed by atoms with Crippen LogP contribution in [-0.4, -0.2) is 34.7 Å². The molecule has 0 bridgehead atoms. The molecule has 1 N–H and O–H groups in total. The first-order valence-electron chi connectivity index (χ1n) is 9.33. The highest BCUT2D eigenvalue weighted by molar-refractivity contribution is 6.03. The molecule has 0 unspecified atom stereocenters. The minimum Gasteiger partial charge on any atom is -0.376 e. The summed E-state index contributed by atoms with van der Waals surface area (Å²) < 4.78 is 7.25. The van der Waals surface area contributed by atoms with E-state index in [1.54, 1.807) is 4.68 Å². The first-order valence-corrected chi connectivity index (χ1v) is 9.33. The molecule has 3 aromatic rings. The predicted molar refractivity (Wildman–Crippen MR) is 108 cm³/mol. The Hall–Kier alpha value is -2.92. The molecule has 1 atom stereocenters. The Morgan fingerprint density at radius 2 is 1.85 bits per heavy atom. The summed E-state index contributed by atoms with van der Waals surface area (Å²) in [4.78, 5) is 17.9.